The molecule has 0 aliphatic heterocycles. The molecular weight excluding hydrogens is 454 g/mol. The van der Waals surface area contributed by atoms with Crippen molar-refractivity contribution in [2.24, 2.45) is 0 Å². The lowest BCUT2D eigenvalue weighted by Crippen LogP contribution is -2.46. The van der Waals surface area contributed by atoms with Gasteiger partial charge in [-0.3, -0.25) is 4.79 Å². The van der Waals surface area contributed by atoms with Crippen molar-refractivity contribution < 1.29 is 22.5 Å². The third kappa shape index (κ3) is 6.07. The van der Waals surface area contributed by atoms with Crippen LogP contribution in [0.3, 0.4) is 0 Å². The van der Waals surface area contributed by atoms with Crippen LogP contribution in [0, 0.1) is 0 Å². The molecule has 0 saturated heterocycles. The van der Waals surface area contributed by atoms with E-state index in [1.165, 1.54) is 23.9 Å². The van der Waals surface area contributed by atoms with Crippen molar-refractivity contribution in [1.82, 2.24) is 5.09 Å². The van der Waals surface area contributed by atoms with Gasteiger partial charge >= 0.3 is 6.18 Å². The number of thioether (sulfide) groups is 1. The van der Waals surface area contributed by atoms with E-state index in [1.54, 1.807) is 0 Å². The SMILES string of the molecule is C=P(Cl)(NC1(C(=O)SCc2ccccc2)CCCC1)Oc1ccc(C(F)(F)F)cc1. The lowest BCUT2D eigenvalue weighted by molar-refractivity contribution is -0.137. The summed E-state index contributed by atoms with van der Waals surface area (Å²) < 4.78 is 43.9. The summed E-state index contributed by atoms with van der Waals surface area (Å²) in [7, 11) is 0. The number of alkyl halides is 3. The van der Waals surface area contributed by atoms with Crippen LogP contribution in [0.1, 0.15) is 36.8 Å². The van der Waals surface area contributed by atoms with Crippen LogP contribution >= 0.6 is 29.6 Å². The molecule has 1 saturated carbocycles. The van der Waals surface area contributed by atoms with Crippen LogP contribution in [0.25, 0.3) is 0 Å². The molecule has 0 heterocycles. The highest BCUT2D eigenvalue weighted by Crippen LogP contribution is 2.52. The molecule has 1 atom stereocenters. The van der Waals surface area contributed by atoms with Crippen LogP contribution in [0.4, 0.5) is 13.2 Å². The Morgan fingerprint density at radius 3 is 2.30 bits per heavy atom. The second kappa shape index (κ2) is 9.39. The van der Waals surface area contributed by atoms with Gasteiger partial charge in [-0.15, -0.1) is 0 Å². The zero-order valence-electron chi connectivity index (χ0n) is 16.1. The minimum Gasteiger partial charge on any atom is -0.450 e. The molecule has 3 rings (SSSR count). The minimum absolute atomic E-state index is 0.0199. The fourth-order valence-electron chi connectivity index (χ4n) is 3.42. The second-order valence-electron chi connectivity index (χ2n) is 7.23. The summed E-state index contributed by atoms with van der Waals surface area (Å²) in [5.74, 6) is 0.722. The number of hydrogen-bond donors (Lipinski definition) is 1. The van der Waals surface area contributed by atoms with Gasteiger partial charge in [0.1, 0.15) is 5.75 Å². The molecule has 0 radical (unpaired) electrons. The zero-order chi connectivity index (χ0) is 21.8. The first-order valence-corrected chi connectivity index (χ1v) is 13.2. The molecule has 0 amide bonds. The number of rotatable bonds is 7. The van der Waals surface area contributed by atoms with Crippen molar-refractivity contribution >= 4 is 41.0 Å². The highest BCUT2D eigenvalue weighted by atomic mass is 35.7. The van der Waals surface area contributed by atoms with Gasteiger partial charge in [-0.05, 0) is 60.2 Å². The van der Waals surface area contributed by atoms with Gasteiger partial charge in [-0.2, -0.15) is 13.2 Å². The second-order valence-corrected chi connectivity index (χ2v) is 11.5. The highest BCUT2D eigenvalue weighted by Gasteiger charge is 2.44. The molecule has 0 spiro atoms. The van der Waals surface area contributed by atoms with Crippen molar-refractivity contribution in [1.29, 1.82) is 0 Å². The standard InChI is InChI=1S/C21H22ClF3NO2PS/c1-29(22,28-18-11-9-17(10-12-18)21(23,24)25)26-20(13-5-6-14-20)19(27)30-15-16-7-3-2-4-8-16/h2-4,7-12,26H,1,5-6,13-15H2. The van der Waals surface area contributed by atoms with E-state index in [-0.39, 0.29) is 10.9 Å². The fraction of sp³-hybridized carbons (Fsp3) is 0.333. The zero-order valence-corrected chi connectivity index (χ0v) is 18.6. The number of nitrogens with one attached hydrogen (secondary N) is 1. The Morgan fingerprint density at radius 1 is 1.13 bits per heavy atom. The molecule has 0 bridgehead atoms. The third-order valence-electron chi connectivity index (χ3n) is 4.87. The minimum atomic E-state index is -4.43. The van der Waals surface area contributed by atoms with E-state index >= 15 is 0 Å². The maximum absolute atomic E-state index is 13.1. The van der Waals surface area contributed by atoms with Crippen molar-refractivity contribution in [3.8, 4) is 5.75 Å². The molecular formula is C21H22ClF3NO2PS. The monoisotopic (exact) mass is 475 g/mol. The molecule has 30 heavy (non-hydrogen) atoms. The van der Waals surface area contributed by atoms with Crippen molar-refractivity contribution in [3.63, 3.8) is 0 Å². The summed E-state index contributed by atoms with van der Waals surface area (Å²) >= 11 is 7.74. The van der Waals surface area contributed by atoms with Crippen LogP contribution in [0.2, 0.25) is 0 Å². The van der Waals surface area contributed by atoms with Gasteiger partial charge < -0.3 is 4.52 Å². The van der Waals surface area contributed by atoms with Gasteiger partial charge in [0.25, 0.3) is 0 Å². The Balaban J connectivity index is 1.68. The summed E-state index contributed by atoms with van der Waals surface area (Å²) in [6.07, 6.45) is 2.47. The predicted octanol–water partition coefficient (Wildman–Crippen LogP) is 6.88. The Hall–Kier alpha value is -1.40. The quantitative estimate of drug-likeness (QED) is 0.443. The van der Waals surface area contributed by atoms with Gasteiger partial charge in [0.2, 0.25) is 5.12 Å². The molecule has 162 valence electrons. The Kier molecular flexibility index (Phi) is 7.28. The number of halogens is 4. The van der Waals surface area contributed by atoms with E-state index in [0.29, 0.717) is 18.6 Å². The van der Waals surface area contributed by atoms with Gasteiger partial charge in [0.05, 0.1) is 11.1 Å². The first-order chi connectivity index (χ1) is 14.1. The van der Waals surface area contributed by atoms with E-state index in [1.807, 2.05) is 30.3 Å². The average molecular weight is 476 g/mol. The summed E-state index contributed by atoms with van der Waals surface area (Å²) in [4.78, 5) is 13.1. The van der Waals surface area contributed by atoms with Crippen LogP contribution in [-0.4, -0.2) is 17.0 Å². The van der Waals surface area contributed by atoms with E-state index in [4.69, 9.17) is 15.8 Å². The number of carbonyl (C=O) groups excluding carboxylic acids is 1. The van der Waals surface area contributed by atoms with Gasteiger partial charge in [0, 0.05) is 5.75 Å². The third-order valence-corrected chi connectivity index (χ3v) is 7.73. The lowest BCUT2D eigenvalue weighted by atomic mass is 10.0. The first kappa shape index (κ1) is 23.3. The van der Waals surface area contributed by atoms with Crippen LogP contribution < -0.4 is 9.61 Å². The van der Waals surface area contributed by atoms with Crippen LogP contribution in [0.15, 0.2) is 54.6 Å². The van der Waals surface area contributed by atoms with E-state index in [0.717, 1.165) is 30.5 Å². The Morgan fingerprint density at radius 2 is 1.73 bits per heavy atom. The van der Waals surface area contributed by atoms with Crippen LogP contribution in [-0.2, 0) is 16.7 Å². The highest BCUT2D eigenvalue weighted by molar-refractivity contribution is 8.13. The van der Waals surface area contributed by atoms with Crippen molar-refractivity contribution in [3.05, 3.63) is 65.7 Å². The number of benzene rings is 2. The predicted molar refractivity (Wildman–Crippen MR) is 119 cm³/mol. The summed E-state index contributed by atoms with van der Waals surface area (Å²) in [6.45, 7) is -3.03. The van der Waals surface area contributed by atoms with Crippen molar-refractivity contribution in [2.45, 2.75) is 43.2 Å². The molecule has 1 fully saturated rings. The van der Waals surface area contributed by atoms with E-state index < -0.39 is 23.9 Å². The average Bonchev–Trinajstić information content (AvgIpc) is 3.15. The molecule has 2 aromatic rings. The lowest BCUT2D eigenvalue weighted by Gasteiger charge is -2.33. The first-order valence-electron chi connectivity index (χ1n) is 9.40. The molecule has 0 aromatic heterocycles. The van der Waals surface area contributed by atoms with Crippen LogP contribution in [0.5, 0.6) is 5.75 Å². The van der Waals surface area contributed by atoms with Crippen molar-refractivity contribution in [2.75, 3.05) is 0 Å². The molecule has 1 N–H and O–H groups in total. The van der Waals surface area contributed by atoms with E-state index in [9.17, 15) is 18.0 Å². The maximum atomic E-state index is 13.1. The molecule has 3 nitrogen and oxygen atoms in total. The summed E-state index contributed by atoms with van der Waals surface area (Å²) in [5, 5.41) is 3.13. The molecule has 2 aromatic carbocycles. The Labute approximate surface area is 183 Å². The maximum Gasteiger partial charge on any atom is 0.416 e. The van der Waals surface area contributed by atoms with Gasteiger partial charge in [0.15, 0.2) is 6.62 Å². The number of carbonyl (C=O) groups is 1. The van der Waals surface area contributed by atoms with Gasteiger partial charge in [-0.25, -0.2) is 5.09 Å². The summed E-state index contributed by atoms with van der Waals surface area (Å²) in [5.41, 5.74) is -0.570. The molecule has 1 aliphatic rings. The molecule has 1 unspecified atom stereocenters. The Bertz CT molecular complexity index is 916. The normalized spacial score (nSPS) is 18.0. The van der Waals surface area contributed by atoms with E-state index in [2.05, 4.69) is 11.4 Å². The fourth-order valence-corrected chi connectivity index (χ4v) is 6.70. The smallest absolute Gasteiger partial charge is 0.416 e. The van der Waals surface area contributed by atoms with Gasteiger partial charge in [-0.1, -0.05) is 54.9 Å². The summed E-state index contributed by atoms with van der Waals surface area (Å²) in [6, 6.07) is 14.0. The number of hydrogen-bond acceptors (Lipinski definition) is 4. The molecule has 9 heteroatoms. The molecule has 1 aliphatic carbocycles. The topological polar surface area (TPSA) is 38.3 Å². The largest absolute Gasteiger partial charge is 0.450 e.